The average Bonchev–Trinajstić information content (AvgIpc) is 2.79. The molecule has 21 heavy (non-hydrogen) atoms. The van der Waals surface area contributed by atoms with Crippen molar-refractivity contribution in [3.8, 4) is 0 Å². The molecule has 1 aromatic heterocycles. The molecule has 0 aromatic carbocycles. The lowest BCUT2D eigenvalue weighted by atomic mass is 9.97. The lowest BCUT2D eigenvalue weighted by Crippen LogP contribution is -2.45. The van der Waals surface area contributed by atoms with Crippen LogP contribution in [0.4, 0.5) is 13.2 Å². The molecule has 1 saturated heterocycles. The van der Waals surface area contributed by atoms with Gasteiger partial charge in [-0.3, -0.25) is 4.79 Å². The number of hydrogen-bond acceptors (Lipinski definition) is 1. The molecule has 0 spiro atoms. The zero-order valence-electron chi connectivity index (χ0n) is 12.0. The van der Waals surface area contributed by atoms with Crippen LogP contribution in [0.15, 0.2) is 16.7 Å². The number of rotatable bonds is 2. The van der Waals surface area contributed by atoms with Crippen LogP contribution >= 0.6 is 15.9 Å². The molecule has 1 fully saturated rings. The van der Waals surface area contributed by atoms with Gasteiger partial charge in [0.05, 0.1) is 5.92 Å². The summed E-state index contributed by atoms with van der Waals surface area (Å²) in [4.78, 5) is 13.8. The Bertz CT molecular complexity index is 525. The molecule has 0 aliphatic carbocycles. The lowest BCUT2D eigenvalue weighted by Gasteiger charge is -2.34. The molecule has 118 valence electrons. The fourth-order valence-corrected chi connectivity index (χ4v) is 3.07. The standard InChI is InChI=1S/C14H18BrF3N2O/c1-9(2)20-8-11(15)6-12(20)13(21)19-5-3-4-10(7-19)14(16,17)18/h6,8-10H,3-5,7H2,1-2H3. The fraction of sp³-hybridized carbons (Fsp3) is 0.643. The SMILES string of the molecule is CC(C)n1cc(Br)cc1C(=O)N1CCCC(C(F)(F)F)C1. The maximum absolute atomic E-state index is 12.8. The first-order chi connectivity index (χ1) is 9.70. The monoisotopic (exact) mass is 366 g/mol. The number of halogens is 4. The second kappa shape index (κ2) is 6.02. The topological polar surface area (TPSA) is 25.2 Å². The first-order valence-corrected chi connectivity index (χ1v) is 7.73. The summed E-state index contributed by atoms with van der Waals surface area (Å²) in [6.45, 7) is 3.99. The van der Waals surface area contributed by atoms with Gasteiger partial charge in [-0.2, -0.15) is 13.2 Å². The van der Waals surface area contributed by atoms with E-state index in [1.165, 1.54) is 4.90 Å². The number of aromatic nitrogens is 1. The molecule has 1 atom stereocenters. The first kappa shape index (κ1) is 16.4. The highest BCUT2D eigenvalue weighted by Gasteiger charge is 2.43. The van der Waals surface area contributed by atoms with E-state index in [9.17, 15) is 18.0 Å². The van der Waals surface area contributed by atoms with Crippen molar-refractivity contribution in [3.05, 3.63) is 22.4 Å². The third-order valence-corrected chi connectivity index (χ3v) is 4.20. The molecule has 2 rings (SSSR count). The Morgan fingerprint density at radius 2 is 2.10 bits per heavy atom. The number of amides is 1. The molecule has 7 heteroatoms. The molecule has 1 aromatic rings. The average molecular weight is 367 g/mol. The van der Waals surface area contributed by atoms with Crippen LogP contribution in [-0.4, -0.2) is 34.6 Å². The maximum Gasteiger partial charge on any atom is 0.393 e. The van der Waals surface area contributed by atoms with Crippen LogP contribution in [0.2, 0.25) is 0 Å². The van der Waals surface area contributed by atoms with Crippen LogP contribution in [0.5, 0.6) is 0 Å². The minimum absolute atomic E-state index is 0.0680. The van der Waals surface area contributed by atoms with Crippen molar-refractivity contribution in [1.82, 2.24) is 9.47 Å². The summed E-state index contributed by atoms with van der Waals surface area (Å²) in [7, 11) is 0. The summed E-state index contributed by atoms with van der Waals surface area (Å²) >= 11 is 3.32. The summed E-state index contributed by atoms with van der Waals surface area (Å²) in [6.07, 6.45) is -1.97. The van der Waals surface area contributed by atoms with E-state index in [0.29, 0.717) is 18.7 Å². The van der Waals surface area contributed by atoms with E-state index in [0.717, 1.165) is 4.47 Å². The summed E-state index contributed by atoms with van der Waals surface area (Å²) in [5.41, 5.74) is 0.430. The van der Waals surface area contributed by atoms with E-state index in [2.05, 4.69) is 15.9 Å². The number of hydrogen-bond donors (Lipinski definition) is 0. The second-order valence-electron chi connectivity index (χ2n) is 5.68. The third-order valence-electron chi connectivity index (χ3n) is 3.76. The van der Waals surface area contributed by atoms with Crippen molar-refractivity contribution in [3.63, 3.8) is 0 Å². The molecule has 0 radical (unpaired) electrons. The Hall–Kier alpha value is -0.980. The van der Waals surface area contributed by atoms with Crippen LogP contribution < -0.4 is 0 Å². The highest BCUT2D eigenvalue weighted by Crippen LogP contribution is 2.34. The summed E-state index contributed by atoms with van der Waals surface area (Å²) in [5, 5.41) is 0. The summed E-state index contributed by atoms with van der Waals surface area (Å²) < 4.78 is 41.1. The predicted octanol–water partition coefficient (Wildman–Crippen LogP) is 4.25. The maximum atomic E-state index is 12.8. The van der Waals surface area contributed by atoms with Crippen molar-refractivity contribution in [2.45, 2.75) is 38.9 Å². The third kappa shape index (κ3) is 3.62. The quantitative estimate of drug-likeness (QED) is 0.768. The first-order valence-electron chi connectivity index (χ1n) is 6.93. The highest BCUT2D eigenvalue weighted by atomic mass is 79.9. The number of alkyl halides is 3. The molecule has 0 N–H and O–H groups in total. The summed E-state index contributed by atoms with van der Waals surface area (Å²) in [6, 6.07) is 1.73. The van der Waals surface area contributed by atoms with Crippen LogP contribution in [0, 0.1) is 5.92 Å². The van der Waals surface area contributed by atoms with Gasteiger partial charge in [-0.15, -0.1) is 0 Å². The minimum Gasteiger partial charge on any atom is -0.340 e. The molecule has 1 aliphatic heterocycles. The Morgan fingerprint density at radius 1 is 1.43 bits per heavy atom. The van der Waals surface area contributed by atoms with Crippen LogP contribution in [-0.2, 0) is 0 Å². The van der Waals surface area contributed by atoms with Gasteiger partial charge >= 0.3 is 6.18 Å². The number of nitrogens with zero attached hydrogens (tertiary/aromatic N) is 2. The van der Waals surface area contributed by atoms with Gasteiger partial charge in [0.15, 0.2) is 0 Å². The van der Waals surface area contributed by atoms with Crippen molar-refractivity contribution in [1.29, 1.82) is 0 Å². The minimum atomic E-state index is -4.24. The van der Waals surface area contributed by atoms with Gasteiger partial charge in [0.2, 0.25) is 0 Å². The normalized spacial score (nSPS) is 20.1. The molecular weight excluding hydrogens is 349 g/mol. The number of carbonyl (C=O) groups is 1. The van der Waals surface area contributed by atoms with Crippen molar-refractivity contribution in [2.75, 3.05) is 13.1 Å². The molecule has 0 saturated carbocycles. The van der Waals surface area contributed by atoms with E-state index in [1.807, 2.05) is 13.8 Å². The number of likely N-dealkylation sites (tertiary alicyclic amines) is 1. The van der Waals surface area contributed by atoms with E-state index in [-0.39, 0.29) is 24.9 Å². The van der Waals surface area contributed by atoms with Crippen LogP contribution in [0.3, 0.4) is 0 Å². The lowest BCUT2D eigenvalue weighted by molar-refractivity contribution is -0.184. The van der Waals surface area contributed by atoms with E-state index >= 15 is 0 Å². The number of piperidine rings is 1. The van der Waals surface area contributed by atoms with Gasteiger partial charge in [-0.25, -0.2) is 0 Å². The molecule has 0 bridgehead atoms. The zero-order valence-corrected chi connectivity index (χ0v) is 13.5. The Labute approximate surface area is 130 Å². The molecule has 1 unspecified atom stereocenters. The number of carbonyl (C=O) groups excluding carboxylic acids is 1. The van der Waals surface area contributed by atoms with E-state index in [4.69, 9.17) is 0 Å². The molecular formula is C14H18BrF3N2O. The van der Waals surface area contributed by atoms with Gasteiger partial charge in [-0.05, 0) is 48.7 Å². The van der Waals surface area contributed by atoms with Gasteiger partial charge in [0.1, 0.15) is 5.69 Å². The van der Waals surface area contributed by atoms with Gasteiger partial charge in [-0.1, -0.05) is 0 Å². The predicted molar refractivity (Wildman–Crippen MR) is 77.2 cm³/mol. The molecule has 1 aliphatic rings. The molecule has 1 amide bonds. The Kier molecular flexibility index (Phi) is 4.70. The largest absolute Gasteiger partial charge is 0.393 e. The van der Waals surface area contributed by atoms with Crippen molar-refractivity contribution >= 4 is 21.8 Å². The van der Waals surface area contributed by atoms with E-state index in [1.54, 1.807) is 16.8 Å². The van der Waals surface area contributed by atoms with Crippen LogP contribution in [0.1, 0.15) is 43.2 Å². The zero-order chi connectivity index (χ0) is 15.8. The smallest absolute Gasteiger partial charge is 0.340 e. The Balaban J connectivity index is 2.20. The molecule has 3 nitrogen and oxygen atoms in total. The van der Waals surface area contributed by atoms with Gasteiger partial charge < -0.3 is 9.47 Å². The Morgan fingerprint density at radius 3 is 2.67 bits per heavy atom. The van der Waals surface area contributed by atoms with Crippen molar-refractivity contribution in [2.24, 2.45) is 5.92 Å². The second-order valence-corrected chi connectivity index (χ2v) is 6.59. The van der Waals surface area contributed by atoms with Gasteiger partial charge in [0.25, 0.3) is 5.91 Å². The highest BCUT2D eigenvalue weighted by molar-refractivity contribution is 9.10. The molecule has 2 heterocycles. The van der Waals surface area contributed by atoms with Crippen molar-refractivity contribution < 1.29 is 18.0 Å². The van der Waals surface area contributed by atoms with Crippen LogP contribution in [0.25, 0.3) is 0 Å². The summed E-state index contributed by atoms with van der Waals surface area (Å²) in [5.74, 6) is -1.75. The van der Waals surface area contributed by atoms with Gasteiger partial charge in [0, 0.05) is 29.8 Å². The van der Waals surface area contributed by atoms with E-state index < -0.39 is 12.1 Å². The fourth-order valence-electron chi connectivity index (χ4n) is 2.64.